The lowest BCUT2D eigenvalue weighted by Gasteiger charge is -2.11. The number of nitrogens with zero attached hydrogens (tertiary/aromatic N) is 1. The van der Waals surface area contributed by atoms with Gasteiger partial charge in [0, 0.05) is 21.5 Å². The summed E-state index contributed by atoms with van der Waals surface area (Å²) in [4.78, 5) is 18.8. The van der Waals surface area contributed by atoms with Gasteiger partial charge < -0.3 is 10.1 Å². The maximum absolute atomic E-state index is 12.4. The van der Waals surface area contributed by atoms with Crippen LogP contribution in [-0.4, -0.2) is 18.0 Å². The van der Waals surface area contributed by atoms with Crippen molar-refractivity contribution in [3.8, 4) is 5.75 Å². The number of methoxy groups -OCH3 is 1. The van der Waals surface area contributed by atoms with Gasteiger partial charge in [0.2, 0.25) is 0 Å². The fraction of sp³-hybridized carbons (Fsp3) is 0.467. The predicted molar refractivity (Wildman–Crippen MR) is 85.5 cm³/mol. The van der Waals surface area contributed by atoms with E-state index in [1.807, 2.05) is 12.3 Å². The van der Waals surface area contributed by atoms with Gasteiger partial charge in [-0.05, 0) is 32.6 Å². The highest BCUT2D eigenvalue weighted by molar-refractivity contribution is 7.14. The van der Waals surface area contributed by atoms with Crippen LogP contribution in [0.4, 0.5) is 0 Å². The Bertz CT molecular complexity index is 661. The first-order chi connectivity index (χ1) is 10.2. The third kappa shape index (κ3) is 2.96. The molecule has 0 spiro atoms. The molecule has 0 atom stereocenters. The molecule has 1 aliphatic carbocycles. The maximum Gasteiger partial charge on any atom is 0.265 e. The summed E-state index contributed by atoms with van der Waals surface area (Å²) in [7, 11) is 1.65. The molecule has 2 aromatic heterocycles. The molecule has 3 rings (SSSR count). The number of nitrogens with one attached hydrogen (secondary N) is 1. The van der Waals surface area contributed by atoms with Gasteiger partial charge in [0.25, 0.3) is 5.91 Å². The van der Waals surface area contributed by atoms with Gasteiger partial charge in [0.15, 0.2) is 0 Å². The topological polar surface area (TPSA) is 51.2 Å². The number of ether oxygens (including phenoxy) is 1. The van der Waals surface area contributed by atoms with Crippen molar-refractivity contribution in [3.05, 3.63) is 31.4 Å². The number of aromatic nitrogens is 1. The fourth-order valence-corrected chi connectivity index (χ4v) is 4.61. The Balaban J connectivity index is 1.76. The molecule has 2 aromatic rings. The first-order valence-electron chi connectivity index (χ1n) is 7.06. The molecule has 112 valence electrons. The standard InChI is InChI=1S/C15H18N2O2S2/c1-9-8-20-12(17-9)7-16-15(18)14-13(19-2)10-5-3-4-6-11(10)21-14/h8H,3-7H2,1-2H3,(H,16,18). The van der Waals surface area contributed by atoms with Crippen LogP contribution in [0.3, 0.4) is 0 Å². The minimum atomic E-state index is -0.0564. The zero-order chi connectivity index (χ0) is 14.8. The lowest BCUT2D eigenvalue weighted by molar-refractivity contribution is 0.0952. The Morgan fingerprint density at radius 1 is 1.43 bits per heavy atom. The molecule has 0 saturated heterocycles. The third-order valence-electron chi connectivity index (χ3n) is 3.60. The van der Waals surface area contributed by atoms with E-state index in [4.69, 9.17) is 4.74 Å². The van der Waals surface area contributed by atoms with E-state index in [0.29, 0.717) is 11.4 Å². The molecule has 2 heterocycles. The van der Waals surface area contributed by atoms with E-state index >= 15 is 0 Å². The monoisotopic (exact) mass is 322 g/mol. The fourth-order valence-electron chi connectivity index (χ4n) is 2.62. The molecule has 0 saturated carbocycles. The molecule has 0 radical (unpaired) electrons. The Kier molecular flexibility index (Phi) is 4.26. The lowest BCUT2D eigenvalue weighted by Crippen LogP contribution is -2.22. The van der Waals surface area contributed by atoms with E-state index in [1.165, 1.54) is 23.3 Å². The normalized spacial score (nSPS) is 13.8. The summed E-state index contributed by atoms with van der Waals surface area (Å²) in [6.45, 7) is 2.43. The SMILES string of the molecule is COc1c(C(=O)NCc2nc(C)cs2)sc2c1CCCC2. The van der Waals surface area contributed by atoms with Gasteiger partial charge in [-0.15, -0.1) is 22.7 Å². The Morgan fingerprint density at radius 2 is 2.24 bits per heavy atom. The smallest absolute Gasteiger partial charge is 0.265 e. The van der Waals surface area contributed by atoms with Gasteiger partial charge in [-0.1, -0.05) is 0 Å². The average Bonchev–Trinajstić information content (AvgIpc) is 3.07. The van der Waals surface area contributed by atoms with Crippen molar-refractivity contribution in [1.29, 1.82) is 0 Å². The number of amides is 1. The molecular weight excluding hydrogens is 304 g/mol. The number of fused-ring (bicyclic) bond motifs is 1. The van der Waals surface area contributed by atoms with Crippen LogP contribution in [0.15, 0.2) is 5.38 Å². The number of carbonyl (C=O) groups excluding carboxylic acids is 1. The van der Waals surface area contributed by atoms with Crippen LogP contribution in [-0.2, 0) is 19.4 Å². The van der Waals surface area contributed by atoms with Crippen LogP contribution in [0.1, 0.15) is 43.7 Å². The van der Waals surface area contributed by atoms with Crippen molar-refractivity contribution in [2.45, 2.75) is 39.2 Å². The minimum absolute atomic E-state index is 0.0564. The van der Waals surface area contributed by atoms with Crippen molar-refractivity contribution < 1.29 is 9.53 Å². The lowest BCUT2D eigenvalue weighted by atomic mass is 9.98. The molecular formula is C15H18N2O2S2. The van der Waals surface area contributed by atoms with Crippen LogP contribution in [0, 0.1) is 6.92 Å². The van der Waals surface area contributed by atoms with Gasteiger partial charge in [-0.3, -0.25) is 4.79 Å². The van der Waals surface area contributed by atoms with Gasteiger partial charge in [-0.25, -0.2) is 4.98 Å². The zero-order valence-corrected chi connectivity index (χ0v) is 13.8. The van der Waals surface area contributed by atoms with E-state index in [1.54, 1.807) is 29.8 Å². The predicted octanol–water partition coefficient (Wildman–Crippen LogP) is 3.33. The molecule has 4 nitrogen and oxygen atoms in total. The number of aryl methyl sites for hydroxylation is 2. The maximum atomic E-state index is 12.4. The molecule has 1 aliphatic rings. The molecule has 0 unspecified atom stereocenters. The van der Waals surface area contributed by atoms with Crippen molar-refractivity contribution in [2.75, 3.05) is 7.11 Å². The molecule has 21 heavy (non-hydrogen) atoms. The van der Waals surface area contributed by atoms with E-state index in [9.17, 15) is 4.79 Å². The van der Waals surface area contributed by atoms with E-state index in [0.717, 1.165) is 29.3 Å². The van der Waals surface area contributed by atoms with E-state index < -0.39 is 0 Å². The van der Waals surface area contributed by atoms with Crippen LogP contribution in [0.5, 0.6) is 5.75 Å². The molecule has 6 heteroatoms. The van der Waals surface area contributed by atoms with E-state index in [2.05, 4.69) is 10.3 Å². The Hall–Kier alpha value is -1.40. The Morgan fingerprint density at radius 3 is 2.95 bits per heavy atom. The van der Waals surface area contributed by atoms with Crippen LogP contribution < -0.4 is 10.1 Å². The van der Waals surface area contributed by atoms with Crippen molar-refractivity contribution >= 4 is 28.6 Å². The van der Waals surface area contributed by atoms with Gasteiger partial charge in [-0.2, -0.15) is 0 Å². The summed E-state index contributed by atoms with van der Waals surface area (Å²) in [6, 6.07) is 0. The summed E-state index contributed by atoms with van der Waals surface area (Å²) in [5.74, 6) is 0.724. The number of thiazole rings is 1. The third-order valence-corrected chi connectivity index (χ3v) is 5.84. The average molecular weight is 322 g/mol. The summed E-state index contributed by atoms with van der Waals surface area (Å²) in [5.41, 5.74) is 2.23. The molecule has 1 amide bonds. The first-order valence-corrected chi connectivity index (χ1v) is 8.76. The number of rotatable bonds is 4. The molecule has 0 aliphatic heterocycles. The van der Waals surface area contributed by atoms with Crippen LogP contribution >= 0.6 is 22.7 Å². The number of hydrogen-bond donors (Lipinski definition) is 1. The highest BCUT2D eigenvalue weighted by Gasteiger charge is 2.25. The van der Waals surface area contributed by atoms with Crippen molar-refractivity contribution in [3.63, 3.8) is 0 Å². The second-order valence-corrected chi connectivity index (χ2v) is 7.19. The molecule has 1 N–H and O–H groups in total. The largest absolute Gasteiger partial charge is 0.495 e. The number of thiophene rings is 1. The second-order valence-electron chi connectivity index (χ2n) is 5.14. The molecule has 0 fully saturated rings. The van der Waals surface area contributed by atoms with Crippen LogP contribution in [0.2, 0.25) is 0 Å². The van der Waals surface area contributed by atoms with Crippen molar-refractivity contribution in [1.82, 2.24) is 10.3 Å². The number of hydrogen-bond acceptors (Lipinski definition) is 5. The molecule has 0 bridgehead atoms. The summed E-state index contributed by atoms with van der Waals surface area (Å²) >= 11 is 3.15. The highest BCUT2D eigenvalue weighted by Crippen LogP contribution is 2.39. The van der Waals surface area contributed by atoms with Gasteiger partial charge >= 0.3 is 0 Å². The van der Waals surface area contributed by atoms with Gasteiger partial charge in [0.05, 0.1) is 13.7 Å². The van der Waals surface area contributed by atoms with Crippen LogP contribution in [0.25, 0.3) is 0 Å². The second kappa shape index (κ2) is 6.15. The quantitative estimate of drug-likeness (QED) is 0.939. The summed E-state index contributed by atoms with van der Waals surface area (Å²) in [6.07, 6.45) is 4.47. The van der Waals surface area contributed by atoms with E-state index in [-0.39, 0.29) is 5.91 Å². The van der Waals surface area contributed by atoms with Crippen molar-refractivity contribution in [2.24, 2.45) is 0 Å². The number of carbonyl (C=O) groups is 1. The minimum Gasteiger partial charge on any atom is -0.495 e. The summed E-state index contributed by atoms with van der Waals surface area (Å²) in [5, 5.41) is 5.88. The summed E-state index contributed by atoms with van der Waals surface area (Å²) < 4.78 is 5.50. The first kappa shape index (κ1) is 14.5. The van der Waals surface area contributed by atoms with Gasteiger partial charge in [0.1, 0.15) is 15.6 Å². The molecule has 0 aromatic carbocycles. The zero-order valence-electron chi connectivity index (χ0n) is 12.2. The highest BCUT2D eigenvalue weighted by atomic mass is 32.1. The Labute approximate surface area is 132 Å².